The Balaban J connectivity index is 0.000000980. The second-order valence-electron chi connectivity index (χ2n) is 2.57. The Morgan fingerprint density at radius 3 is 2.64 bits per heavy atom. The minimum absolute atomic E-state index is 0. The first-order valence-electron chi connectivity index (χ1n) is 3.72. The predicted molar refractivity (Wildman–Crippen MR) is 48.9 cm³/mol. The van der Waals surface area contributed by atoms with Gasteiger partial charge in [0, 0.05) is 11.6 Å². The second-order valence-corrected chi connectivity index (χ2v) is 3.48. The molecule has 66 valence electrons. The van der Waals surface area contributed by atoms with E-state index < -0.39 is 11.1 Å². The number of pyridine rings is 1. The quantitative estimate of drug-likeness (QED) is 0.428. The summed E-state index contributed by atoms with van der Waals surface area (Å²) in [5.41, 5.74) is 0.526. The van der Waals surface area contributed by atoms with E-state index in [2.05, 4.69) is 4.98 Å². The average molecular weight is 215 g/mol. The maximum Gasteiger partial charge on any atom is 1.00 e. The summed E-state index contributed by atoms with van der Waals surface area (Å²) in [6, 6.07) is 8.69. The Kier molecular flexibility index (Phi) is 4.22. The molecule has 5 heteroatoms. The molecule has 3 nitrogen and oxygen atoms in total. The first-order chi connectivity index (χ1) is 6.29. The Labute approximate surface area is 106 Å². The number of nitrogens with zero attached hydrogens (tertiary/aromatic N) is 1. The number of aromatic nitrogens is 1. The van der Waals surface area contributed by atoms with Crippen LogP contribution in [0.1, 0.15) is 0 Å². The Morgan fingerprint density at radius 2 is 1.93 bits per heavy atom. The van der Waals surface area contributed by atoms with E-state index in [1.165, 1.54) is 0 Å². The molecular formula is C9H6NNaO2S. The molecule has 1 atom stereocenters. The zero-order valence-corrected chi connectivity index (χ0v) is 10.5. The van der Waals surface area contributed by atoms with Crippen LogP contribution >= 0.6 is 0 Å². The minimum atomic E-state index is -2.22. The molecule has 0 aliphatic heterocycles. The predicted octanol–water partition coefficient (Wildman–Crippen LogP) is -1.52. The molecule has 1 heterocycles. The Hall–Kier alpha value is -0.260. The van der Waals surface area contributed by atoms with Gasteiger partial charge in [0.15, 0.2) is 0 Å². The van der Waals surface area contributed by atoms with Crippen LogP contribution in [0, 0.1) is 0 Å². The van der Waals surface area contributed by atoms with Crippen LogP contribution in [0.3, 0.4) is 0 Å². The third-order valence-electron chi connectivity index (χ3n) is 1.78. The summed E-state index contributed by atoms with van der Waals surface area (Å²) >= 11 is -2.22. The van der Waals surface area contributed by atoms with Crippen LogP contribution in [0.25, 0.3) is 10.9 Å². The molecule has 0 aliphatic rings. The van der Waals surface area contributed by atoms with Crippen molar-refractivity contribution in [1.29, 1.82) is 0 Å². The van der Waals surface area contributed by atoms with Crippen molar-refractivity contribution < 1.29 is 38.3 Å². The van der Waals surface area contributed by atoms with Gasteiger partial charge in [-0.05, 0) is 23.2 Å². The van der Waals surface area contributed by atoms with E-state index in [0.717, 1.165) is 5.39 Å². The van der Waals surface area contributed by atoms with E-state index in [0.29, 0.717) is 5.52 Å². The van der Waals surface area contributed by atoms with Gasteiger partial charge >= 0.3 is 29.6 Å². The van der Waals surface area contributed by atoms with Crippen molar-refractivity contribution in [2.45, 2.75) is 4.90 Å². The SMILES string of the molecule is O=S([O-])c1cccc2cccnc12.[Na+]. The van der Waals surface area contributed by atoms with Crippen LogP contribution < -0.4 is 29.6 Å². The normalized spacial score (nSPS) is 12.1. The van der Waals surface area contributed by atoms with Crippen LogP contribution in [0.15, 0.2) is 41.4 Å². The number of fused-ring (bicyclic) bond motifs is 1. The zero-order valence-electron chi connectivity index (χ0n) is 7.64. The van der Waals surface area contributed by atoms with Crippen LogP contribution in [-0.4, -0.2) is 13.7 Å². The van der Waals surface area contributed by atoms with E-state index in [1.54, 1.807) is 24.4 Å². The molecule has 0 N–H and O–H groups in total. The van der Waals surface area contributed by atoms with Gasteiger partial charge in [0.25, 0.3) is 0 Å². The summed E-state index contributed by atoms with van der Waals surface area (Å²) in [5.74, 6) is 0. The molecule has 0 fully saturated rings. The third-order valence-corrected chi connectivity index (χ3v) is 2.46. The monoisotopic (exact) mass is 215 g/mol. The van der Waals surface area contributed by atoms with Gasteiger partial charge in [-0.25, -0.2) is 0 Å². The minimum Gasteiger partial charge on any atom is -0.768 e. The molecule has 0 saturated carbocycles. The number of benzene rings is 1. The number of hydrogen-bond acceptors (Lipinski definition) is 3. The van der Waals surface area contributed by atoms with E-state index in [9.17, 15) is 8.76 Å². The molecule has 0 bridgehead atoms. The van der Waals surface area contributed by atoms with Gasteiger partial charge in [-0.15, -0.1) is 0 Å². The van der Waals surface area contributed by atoms with Crippen molar-refractivity contribution >= 4 is 22.0 Å². The first kappa shape index (κ1) is 11.8. The molecule has 0 spiro atoms. The molecule has 2 rings (SSSR count). The van der Waals surface area contributed by atoms with E-state index in [4.69, 9.17) is 0 Å². The molecule has 1 aromatic carbocycles. The Bertz CT molecular complexity index is 470. The fraction of sp³-hybridized carbons (Fsp3) is 0. The maximum absolute atomic E-state index is 10.8. The van der Waals surface area contributed by atoms with Gasteiger partial charge in [-0.3, -0.25) is 9.19 Å². The second kappa shape index (κ2) is 5.00. The molecule has 0 radical (unpaired) electrons. The van der Waals surface area contributed by atoms with Crippen molar-refractivity contribution in [3.05, 3.63) is 36.5 Å². The largest absolute Gasteiger partial charge is 1.00 e. The topological polar surface area (TPSA) is 53.0 Å². The molecule has 1 aromatic heterocycles. The van der Waals surface area contributed by atoms with Crippen molar-refractivity contribution in [3.8, 4) is 0 Å². The van der Waals surface area contributed by atoms with Gasteiger partial charge in [0.1, 0.15) is 0 Å². The van der Waals surface area contributed by atoms with Crippen molar-refractivity contribution in [1.82, 2.24) is 4.98 Å². The smallest absolute Gasteiger partial charge is 0.768 e. The zero-order chi connectivity index (χ0) is 9.26. The maximum atomic E-state index is 10.8. The van der Waals surface area contributed by atoms with E-state index in [1.807, 2.05) is 12.1 Å². The summed E-state index contributed by atoms with van der Waals surface area (Å²) in [7, 11) is 0. The van der Waals surface area contributed by atoms with Crippen molar-refractivity contribution in [2.75, 3.05) is 0 Å². The van der Waals surface area contributed by atoms with Crippen molar-refractivity contribution in [2.24, 2.45) is 0 Å². The first-order valence-corrected chi connectivity index (χ1v) is 4.79. The van der Waals surface area contributed by atoms with Crippen LogP contribution in [0.4, 0.5) is 0 Å². The third kappa shape index (κ3) is 2.21. The number of hydrogen-bond donors (Lipinski definition) is 0. The van der Waals surface area contributed by atoms with Gasteiger partial charge in [0.2, 0.25) is 0 Å². The van der Waals surface area contributed by atoms with E-state index >= 15 is 0 Å². The van der Waals surface area contributed by atoms with Gasteiger partial charge in [0.05, 0.1) is 10.4 Å². The summed E-state index contributed by atoms with van der Waals surface area (Å²) in [6.07, 6.45) is 1.58. The standard InChI is InChI=1S/C9H7NO2S.Na/c11-13(12)8-5-1-3-7-4-2-6-10-9(7)8;/h1-6H,(H,11,12);/q;+1/p-1. The average Bonchev–Trinajstić information content (AvgIpc) is 2.17. The fourth-order valence-corrected chi connectivity index (χ4v) is 1.73. The van der Waals surface area contributed by atoms with E-state index in [-0.39, 0.29) is 34.5 Å². The molecule has 14 heavy (non-hydrogen) atoms. The van der Waals surface area contributed by atoms with Crippen LogP contribution in [0.2, 0.25) is 0 Å². The summed E-state index contributed by atoms with van der Waals surface area (Å²) in [4.78, 5) is 4.26. The van der Waals surface area contributed by atoms with Crippen molar-refractivity contribution in [3.63, 3.8) is 0 Å². The Morgan fingerprint density at radius 1 is 1.21 bits per heavy atom. The van der Waals surface area contributed by atoms with Gasteiger partial charge in [-0.1, -0.05) is 18.2 Å². The summed E-state index contributed by atoms with van der Waals surface area (Å²) < 4.78 is 21.5. The van der Waals surface area contributed by atoms with Gasteiger partial charge in [-0.2, -0.15) is 0 Å². The molecule has 0 amide bonds. The molecule has 0 aliphatic carbocycles. The molecular weight excluding hydrogens is 209 g/mol. The number of para-hydroxylation sites is 1. The summed E-state index contributed by atoms with van der Waals surface area (Å²) in [6.45, 7) is 0. The van der Waals surface area contributed by atoms with Crippen LogP contribution in [0.5, 0.6) is 0 Å². The number of rotatable bonds is 1. The summed E-state index contributed by atoms with van der Waals surface area (Å²) in [5, 5.41) is 0.837. The van der Waals surface area contributed by atoms with Gasteiger partial charge < -0.3 is 4.55 Å². The van der Waals surface area contributed by atoms with Crippen LogP contribution in [-0.2, 0) is 11.1 Å². The molecule has 2 aromatic rings. The fourth-order valence-electron chi connectivity index (χ4n) is 1.21. The molecule has 0 saturated heterocycles. The molecule has 1 unspecified atom stereocenters.